The van der Waals surface area contributed by atoms with Gasteiger partial charge in [-0.15, -0.1) is 19.6 Å². The molecule has 1 amide bonds. The molecule has 7 N–H and O–H groups in total. The molecule has 11 nitrogen and oxygen atoms in total. The topological polar surface area (TPSA) is 224 Å². The van der Waals surface area contributed by atoms with E-state index < -0.39 is 23.8 Å². The normalized spacial score (nSPS) is 7.48. The Morgan fingerprint density at radius 3 is 0.826 bits per heavy atom. The molecule has 0 aliphatic heterocycles. The molecule has 0 atom stereocenters. The van der Waals surface area contributed by atoms with Crippen LogP contribution in [0.5, 0.6) is 0 Å². The molecule has 0 heterocycles. The van der Waals surface area contributed by atoms with Gasteiger partial charge < -0.3 is 43.0 Å². The van der Waals surface area contributed by atoms with Gasteiger partial charge in [0.25, 0.3) is 0 Å². The quantitative estimate of drug-likeness (QED) is 0.576. The first-order valence-corrected chi connectivity index (χ1v) is 5.86. The van der Waals surface area contributed by atoms with E-state index in [9.17, 15) is 14.4 Å². The average molecular weight is 386 g/mol. The largest absolute Gasteiger partial charge is 0.677 e. The molecule has 23 heavy (non-hydrogen) atoms. The summed E-state index contributed by atoms with van der Waals surface area (Å²) in [5.41, 5.74) is 25.0. The Labute approximate surface area is 144 Å². The smallest absolute Gasteiger partial charge is 0.301 e. The van der Waals surface area contributed by atoms with Gasteiger partial charge in [-0.3, -0.25) is 14.4 Å². The maximum absolute atomic E-state index is 9.48. The van der Waals surface area contributed by atoms with E-state index in [1.54, 1.807) is 0 Å². The van der Waals surface area contributed by atoms with Crippen molar-refractivity contribution in [3.63, 3.8) is 0 Å². The van der Waals surface area contributed by atoms with Gasteiger partial charge in [0, 0.05) is 42.2 Å². The van der Waals surface area contributed by atoms with Crippen LogP contribution in [-0.2, 0) is 36.2 Å². The van der Waals surface area contributed by atoms with Gasteiger partial charge in [0.2, 0.25) is 0 Å². The fourth-order valence-electron chi connectivity index (χ4n) is 0.321. The average Bonchev–Trinajstić information content (AvgIpc) is 2.28. The van der Waals surface area contributed by atoms with Crippen LogP contribution in [0.25, 0.3) is 22.9 Å². The summed E-state index contributed by atoms with van der Waals surface area (Å²) in [7, 11) is 0. The second-order valence-corrected chi connectivity index (χ2v) is 3.24. The number of rotatable bonds is 6. The van der Waals surface area contributed by atoms with Crippen LogP contribution >= 0.6 is 0 Å². The van der Waals surface area contributed by atoms with Gasteiger partial charge >= 0.3 is 17.9 Å². The molecule has 0 aromatic heterocycles. The number of hydrogen-bond acceptors (Lipinski definition) is 4. The predicted molar refractivity (Wildman–Crippen MR) is 79.3 cm³/mol. The Hall–Kier alpha value is -1.72. The summed E-state index contributed by atoms with van der Waals surface area (Å²) < 4.78 is 0. The fourth-order valence-corrected chi connectivity index (χ4v) is 0.321. The number of carbonyl (C=O) groups excluding carboxylic acids is 1. The number of amides is 1. The van der Waals surface area contributed by atoms with E-state index >= 15 is 0 Å². The maximum Gasteiger partial charge on any atom is 0.301 e. The van der Waals surface area contributed by atoms with E-state index in [1.165, 1.54) is 6.92 Å². The molecule has 0 aliphatic carbocycles. The first-order chi connectivity index (χ1) is 10.0. The van der Waals surface area contributed by atoms with Crippen LogP contribution in [-0.4, -0.2) is 58.8 Å². The molecule has 12 heteroatoms. The summed E-state index contributed by atoms with van der Waals surface area (Å²) in [6.07, 6.45) is -0.125. The fraction of sp³-hybridized carbons (Fsp3) is 0.636. The monoisotopic (exact) mass is 385 g/mol. The molecular weight excluding hydrogens is 364 g/mol. The van der Waals surface area contributed by atoms with E-state index in [4.69, 9.17) is 43.0 Å². The van der Waals surface area contributed by atoms with Crippen molar-refractivity contribution in [2.45, 2.75) is 26.2 Å². The van der Waals surface area contributed by atoms with Crippen LogP contribution in [0.15, 0.2) is 0 Å². The van der Waals surface area contributed by atoms with Crippen LogP contribution in [0.4, 0.5) is 0 Å². The standard InChI is InChI=1S/3C3H6NO2.C2H5NO.Cu/c3*4-2-1-3(5)6;1-2(3)4;/h3*4H,1-2H2,(H,5,6);1H3,(H2,3,4);/q3*-1;;/p-1. The summed E-state index contributed by atoms with van der Waals surface area (Å²) in [5, 5.41) is 23.4. The molecule has 0 saturated carbocycles. The van der Waals surface area contributed by atoms with Crippen LogP contribution in [0.2, 0.25) is 0 Å². The maximum atomic E-state index is 9.48. The molecule has 0 aliphatic rings. The van der Waals surface area contributed by atoms with E-state index in [0.29, 0.717) is 0 Å². The molecule has 1 radical (unpaired) electrons. The Morgan fingerprint density at radius 2 is 0.826 bits per heavy atom. The van der Waals surface area contributed by atoms with Gasteiger partial charge in [-0.05, 0) is 6.92 Å². The van der Waals surface area contributed by atoms with Crippen molar-refractivity contribution >= 4 is 23.8 Å². The minimum atomic E-state index is -0.898. The van der Waals surface area contributed by atoms with E-state index in [2.05, 4.69) is 0 Å². The molecule has 0 rings (SSSR count). The molecule has 143 valence electrons. The van der Waals surface area contributed by atoms with Crippen molar-refractivity contribution in [2.24, 2.45) is 0 Å². The van der Waals surface area contributed by atoms with Gasteiger partial charge in [0.1, 0.15) is 0 Å². The first-order valence-electron chi connectivity index (χ1n) is 5.86. The summed E-state index contributed by atoms with van der Waals surface area (Å²) in [5.74, 6) is -3.28. The van der Waals surface area contributed by atoms with Gasteiger partial charge in [-0.1, -0.05) is 0 Å². The van der Waals surface area contributed by atoms with Crippen molar-refractivity contribution in [1.29, 1.82) is 0 Å². The van der Waals surface area contributed by atoms with Gasteiger partial charge in [-0.25, -0.2) is 0 Å². The molecule has 0 spiro atoms. The number of carbonyl (C=O) groups is 4. The second kappa shape index (κ2) is 28.4. The van der Waals surface area contributed by atoms with Crippen molar-refractivity contribution in [2.75, 3.05) is 19.6 Å². The van der Waals surface area contributed by atoms with Crippen molar-refractivity contribution < 1.29 is 51.6 Å². The molecule has 0 bridgehead atoms. The SMILES string of the molecule is CC([NH-])=O.[Cu].[NH-]CCC(=O)O.[NH-]CCC(=O)O.[NH-]CCC(=O)O. The van der Waals surface area contributed by atoms with E-state index in [-0.39, 0.29) is 56.0 Å². The molecule has 0 aromatic carbocycles. The number of aliphatic carboxylic acids is 3. The third-order valence-electron chi connectivity index (χ3n) is 1.02. The molecule has 0 saturated heterocycles. The van der Waals surface area contributed by atoms with Gasteiger partial charge in [0.15, 0.2) is 0 Å². The zero-order valence-electron chi connectivity index (χ0n) is 12.5. The summed E-state index contributed by atoms with van der Waals surface area (Å²) >= 11 is 0. The molecule has 0 aromatic rings. The van der Waals surface area contributed by atoms with Gasteiger partial charge in [0.05, 0.1) is 0 Å². The van der Waals surface area contributed by atoms with Crippen LogP contribution in [0.1, 0.15) is 26.2 Å². The molecule has 0 fully saturated rings. The molecular formula is C11H22CuN4O7-4. The third-order valence-corrected chi connectivity index (χ3v) is 1.02. The first kappa shape index (κ1) is 33.0. The Bertz CT molecular complexity index is 275. The zero-order valence-corrected chi connectivity index (χ0v) is 13.5. The van der Waals surface area contributed by atoms with Crippen LogP contribution in [0.3, 0.4) is 0 Å². The second-order valence-electron chi connectivity index (χ2n) is 3.24. The zero-order chi connectivity index (χ0) is 18.6. The minimum absolute atomic E-state index is 0. The summed E-state index contributed by atoms with van der Waals surface area (Å²) in [4.78, 5) is 37.5. The summed E-state index contributed by atoms with van der Waals surface area (Å²) in [6.45, 7) is 1.14. The Kier molecular flexibility index (Phi) is 40.8. The number of nitrogens with one attached hydrogen (secondary N) is 4. The van der Waals surface area contributed by atoms with Crippen molar-refractivity contribution in [1.82, 2.24) is 0 Å². The summed E-state index contributed by atoms with van der Waals surface area (Å²) in [6, 6.07) is 0. The van der Waals surface area contributed by atoms with E-state index in [1.807, 2.05) is 0 Å². The van der Waals surface area contributed by atoms with Crippen LogP contribution < -0.4 is 0 Å². The van der Waals surface area contributed by atoms with Crippen molar-refractivity contribution in [3.8, 4) is 0 Å². The van der Waals surface area contributed by atoms with Crippen LogP contribution in [0, 0.1) is 0 Å². The van der Waals surface area contributed by atoms with Gasteiger partial charge in [-0.2, -0.15) is 0 Å². The molecule has 0 unspecified atom stereocenters. The number of carboxylic acid groups (broad SMARTS) is 3. The number of hydrogen-bond donors (Lipinski definition) is 3. The Balaban J connectivity index is -0.0000000624. The Morgan fingerprint density at radius 1 is 0.696 bits per heavy atom. The van der Waals surface area contributed by atoms with Crippen molar-refractivity contribution in [3.05, 3.63) is 22.9 Å². The predicted octanol–water partition coefficient (Wildman–Crippen LogP) is 2.12. The third kappa shape index (κ3) is 128. The number of carboxylic acids is 3. The minimum Gasteiger partial charge on any atom is -0.677 e. The van der Waals surface area contributed by atoms with E-state index in [0.717, 1.165) is 0 Å².